The van der Waals surface area contributed by atoms with Gasteiger partial charge in [-0.3, -0.25) is 9.97 Å². The van der Waals surface area contributed by atoms with E-state index in [2.05, 4.69) is 52.6 Å². The third kappa shape index (κ3) is 2.64. The highest BCUT2D eigenvalue weighted by molar-refractivity contribution is 7.18. The Kier molecular flexibility index (Phi) is 3.64. The second kappa shape index (κ2) is 5.94. The molecule has 0 N–H and O–H groups in total. The molecule has 0 saturated heterocycles. The van der Waals surface area contributed by atoms with Crippen LogP contribution in [0.2, 0.25) is 0 Å². The smallest absolute Gasteiger partial charge is 0.0477 e. The van der Waals surface area contributed by atoms with E-state index in [1.54, 1.807) is 11.3 Å². The molecule has 4 rings (SSSR count). The fourth-order valence-electron chi connectivity index (χ4n) is 2.86. The molecule has 112 valence electrons. The monoisotopic (exact) mass is 316 g/mol. The van der Waals surface area contributed by atoms with Crippen molar-refractivity contribution in [2.24, 2.45) is 0 Å². The van der Waals surface area contributed by atoms with Crippen LogP contribution >= 0.6 is 11.3 Å². The molecule has 0 amide bonds. The van der Waals surface area contributed by atoms with Crippen LogP contribution in [0.3, 0.4) is 0 Å². The first kappa shape index (κ1) is 14.1. The van der Waals surface area contributed by atoms with Crippen molar-refractivity contribution in [1.29, 1.82) is 0 Å². The fraction of sp³-hybridized carbons (Fsp3) is 0.100. The van der Waals surface area contributed by atoms with Crippen LogP contribution in [0, 0.1) is 6.92 Å². The number of aromatic nitrogens is 2. The summed E-state index contributed by atoms with van der Waals surface area (Å²) in [5.74, 6) is 0. The third-order valence-corrected chi connectivity index (χ3v) is 5.19. The summed E-state index contributed by atoms with van der Waals surface area (Å²) < 4.78 is 1.31. The Bertz CT molecular complexity index is 958. The van der Waals surface area contributed by atoms with Crippen molar-refractivity contribution < 1.29 is 0 Å². The van der Waals surface area contributed by atoms with Crippen LogP contribution in [0.15, 0.2) is 66.4 Å². The van der Waals surface area contributed by atoms with E-state index >= 15 is 0 Å². The molecule has 0 radical (unpaired) electrons. The topological polar surface area (TPSA) is 25.8 Å². The molecule has 0 aliphatic rings. The SMILES string of the molecule is Cc1cccnc1Cc1cncc2c(-c3ccccc3)csc12. The van der Waals surface area contributed by atoms with Crippen LogP contribution in [0.5, 0.6) is 0 Å². The first-order chi connectivity index (χ1) is 11.3. The zero-order valence-electron chi connectivity index (χ0n) is 12.9. The first-order valence-corrected chi connectivity index (χ1v) is 8.51. The van der Waals surface area contributed by atoms with Gasteiger partial charge in [0.15, 0.2) is 0 Å². The second-order valence-electron chi connectivity index (χ2n) is 5.63. The Morgan fingerprint density at radius 2 is 1.87 bits per heavy atom. The lowest BCUT2D eigenvalue weighted by Crippen LogP contribution is -1.96. The Morgan fingerprint density at radius 1 is 1.00 bits per heavy atom. The maximum absolute atomic E-state index is 4.52. The molecule has 0 bridgehead atoms. The Labute approximate surface area is 139 Å². The van der Waals surface area contributed by atoms with Gasteiger partial charge in [-0.05, 0) is 35.1 Å². The predicted octanol–water partition coefficient (Wildman–Crippen LogP) is 5.26. The van der Waals surface area contributed by atoms with E-state index < -0.39 is 0 Å². The van der Waals surface area contributed by atoms with E-state index in [0.717, 1.165) is 12.1 Å². The van der Waals surface area contributed by atoms with Crippen LogP contribution in [-0.4, -0.2) is 9.97 Å². The van der Waals surface area contributed by atoms with Crippen molar-refractivity contribution in [3.8, 4) is 11.1 Å². The maximum Gasteiger partial charge on any atom is 0.0477 e. The van der Waals surface area contributed by atoms with Crippen molar-refractivity contribution in [3.05, 3.63) is 83.3 Å². The Balaban J connectivity index is 1.81. The van der Waals surface area contributed by atoms with Gasteiger partial charge in [0.2, 0.25) is 0 Å². The number of pyridine rings is 2. The second-order valence-corrected chi connectivity index (χ2v) is 6.51. The molecule has 2 nitrogen and oxygen atoms in total. The van der Waals surface area contributed by atoms with Crippen LogP contribution in [0.1, 0.15) is 16.8 Å². The molecule has 4 aromatic rings. The number of hydrogen-bond donors (Lipinski definition) is 0. The van der Waals surface area contributed by atoms with E-state index in [1.807, 2.05) is 30.7 Å². The molecule has 3 heterocycles. The van der Waals surface area contributed by atoms with Crippen molar-refractivity contribution in [2.45, 2.75) is 13.3 Å². The van der Waals surface area contributed by atoms with Crippen LogP contribution in [-0.2, 0) is 6.42 Å². The molecule has 0 spiro atoms. The molecule has 0 aliphatic carbocycles. The van der Waals surface area contributed by atoms with E-state index in [9.17, 15) is 0 Å². The lowest BCUT2D eigenvalue weighted by atomic mass is 10.0. The molecule has 0 unspecified atom stereocenters. The van der Waals surface area contributed by atoms with Crippen LogP contribution in [0.25, 0.3) is 21.2 Å². The Hall–Kier alpha value is -2.52. The van der Waals surface area contributed by atoms with E-state index in [1.165, 1.54) is 32.3 Å². The number of thiophene rings is 1. The fourth-order valence-corrected chi connectivity index (χ4v) is 3.92. The largest absolute Gasteiger partial charge is 0.264 e. The summed E-state index contributed by atoms with van der Waals surface area (Å²) in [5, 5.41) is 3.46. The van der Waals surface area contributed by atoms with E-state index in [4.69, 9.17) is 0 Å². The Morgan fingerprint density at radius 3 is 2.70 bits per heavy atom. The van der Waals surface area contributed by atoms with Gasteiger partial charge in [-0.25, -0.2) is 0 Å². The van der Waals surface area contributed by atoms with Gasteiger partial charge >= 0.3 is 0 Å². The van der Waals surface area contributed by atoms with E-state index in [0.29, 0.717) is 0 Å². The van der Waals surface area contributed by atoms with Gasteiger partial charge in [-0.2, -0.15) is 0 Å². The third-order valence-electron chi connectivity index (χ3n) is 4.12. The van der Waals surface area contributed by atoms with Crippen molar-refractivity contribution in [1.82, 2.24) is 9.97 Å². The van der Waals surface area contributed by atoms with Crippen molar-refractivity contribution in [2.75, 3.05) is 0 Å². The van der Waals surface area contributed by atoms with Gasteiger partial charge in [-0.15, -0.1) is 11.3 Å². The average Bonchev–Trinajstić information content (AvgIpc) is 3.03. The number of fused-ring (bicyclic) bond motifs is 1. The molecule has 3 aromatic heterocycles. The van der Waals surface area contributed by atoms with E-state index in [-0.39, 0.29) is 0 Å². The lowest BCUT2D eigenvalue weighted by molar-refractivity contribution is 1.04. The van der Waals surface area contributed by atoms with Gasteiger partial charge in [0, 0.05) is 46.4 Å². The van der Waals surface area contributed by atoms with Gasteiger partial charge in [0.05, 0.1) is 0 Å². The summed E-state index contributed by atoms with van der Waals surface area (Å²) in [6.07, 6.45) is 6.64. The summed E-state index contributed by atoms with van der Waals surface area (Å²) in [4.78, 5) is 9.00. The highest BCUT2D eigenvalue weighted by Gasteiger charge is 2.11. The molecule has 0 atom stereocenters. The molecular formula is C20H16N2S. The molecule has 0 aliphatic heterocycles. The number of rotatable bonds is 3. The van der Waals surface area contributed by atoms with Crippen LogP contribution in [0.4, 0.5) is 0 Å². The average molecular weight is 316 g/mol. The van der Waals surface area contributed by atoms with Gasteiger partial charge in [0.25, 0.3) is 0 Å². The highest BCUT2D eigenvalue weighted by Crippen LogP contribution is 2.35. The van der Waals surface area contributed by atoms with Gasteiger partial charge in [-0.1, -0.05) is 36.4 Å². The molecule has 0 fully saturated rings. The highest BCUT2D eigenvalue weighted by atomic mass is 32.1. The quantitative estimate of drug-likeness (QED) is 0.515. The number of hydrogen-bond acceptors (Lipinski definition) is 3. The zero-order chi connectivity index (χ0) is 15.6. The predicted molar refractivity (Wildman–Crippen MR) is 96.8 cm³/mol. The van der Waals surface area contributed by atoms with Crippen molar-refractivity contribution in [3.63, 3.8) is 0 Å². The minimum atomic E-state index is 0.825. The molecule has 23 heavy (non-hydrogen) atoms. The summed E-state index contributed by atoms with van der Waals surface area (Å²) in [6.45, 7) is 2.11. The molecule has 1 aromatic carbocycles. The normalized spacial score (nSPS) is 11.0. The minimum absolute atomic E-state index is 0.825. The minimum Gasteiger partial charge on any atom is -0.264 e. The van der Waals surface area contributed by atoms with Crippen molar-refractivity contribution >= 4 is 21.4 Å². The summed E-state index contributed by atoms with van der Waals surface area (Å²) in [7, 11) is 0. The molecule has 3 heteroatoms. The number of aryl methyl sites for hydroxylation is 1. The molecular weight excluding hydrogens is 300 g/mol. The maximum atomic E-state index is 4.52. The summed E-state index contributed by atoms with van der Waals surface area (Å²) >= 11 is 1.79. The van der Waals surface area contributed by atoms with Gasteiger partial charge < -0.3 is 0 Å². The number of nitrogens with zero attached hydrogens (tertiary/aromatic N) is 2. The standard InChI is InChI=1S/C20H16N2S/c1-14-6-5-9-22-19(14)10-16-11-21-12-17-18(13-23-20(16)17)15-7-3-2-4-8-15/h2-9,11-13H,10H2,1H3. The molecule has 0 saturated carbocycles. The van der Waals surface area contributed by atoms with Crippen LogP contribution < -0.4 is 0 Å². The summed E-state index contributed by atoms with van der Waals surface area (Å²) in [6, 6.07) is 14.6. The van der Waals surface area contributed by atoms with Gasteiger partial charge in [0.1, 0.15) is 0 Å². The lowest BCUT2D eigenvalue weighted by Gasteiger charge is -2.06. The summed E-state index contributed by atoms with van der Waals surface area (Å²) in [5.41, 5.74) is 6.10. The number of benzene rings is 1. The first-order valence-electron chi connectivity index (χ1n) is 7.63. The zero-order valence-corrected chi connectivity index (χ0v) is 13.7.